The summed E-state index contributed by atoms with van der Waals surface area (Å²) >= 11 is 25.0. The zero-order chi connectivity index (χ0) is 20.5. The summed E-state index contributed by atoms with van der Waals surface area (Å²) in [7, 11) is 0. The molecule has 4 rings (SSSR count). The molecule has 1 aliphatic heterocycles. The van der Waals surface area contributed by atoms with E-state index in [0.29, 0.717) is 48.6 Å². The van der Waals surface area contributed by atoms with Gasteiger partial charge in [0.25, 0.3) is 5.24 Å². The molecule has 0 atom stereocenters. The van der Waals surface area contributed by atoms with Gasteiger partial charge in [0, 0.05) is 5.02 Å². The number of halogens is 3. The van der Waals surface area contributed by atoms with Gasteiger partial charge in [-0.05, 0) is 59.8 Å². The van der Waals surface area contributed by atoms with Crippen molar-refractivity contribution in [3.05, 3.63) is 85.9 Å². The number of benzene rings is 2. The van der Waals surface area contributed by atoms with Crippen LogP contribution in [-0.2, 0) is 6.54 Å². The molecule has 1 fully saturated rings. The Morgan fingerprint density at radius 3 is 2.38 bits per heavy atom. The van der Waals surface area contributed by atoms with Crippen LogP contribution in [-0.4, -0.2) is 15.1 Å². The molecular formula is C21H12Cl3NO2S2. The smallest absolute Gasteiger partial charge is 0.291 e. The highest BCUT2D eigenvalue weighted by Gasteiger charge is 2.32. The predicted molar refractivity (Wildman–Crippen MR) is 125 cm³/mol. The third-order valence-corrected chi connectivity index (χ3v) is 6.61. The lowest BCUT2D eigenvalue weighted by atomic mass is 10.2. The summed E-state index contributed by atoms with van der Waals surface area (Å²) in [5.41, 5.74) is 1.57. The molecule has 0 bridgehead atoms. The minimum Gasteiger partial charge on any atom is -0.457 e. The van der Waals surface area contributed by atoms with E-state index in [-0.39, 0.29) is 5.24 Å². The fourth-order valence-corrected chi connectivity index (χ4v) is 4.76. The molecule has 0 aliphatic carbocycles. The van der Waals surface area contributed by atoms with Crippen molar-refractivity contribution < 1.29 is 9.21 Å². The highest BCUT2D eigenvalue weighted by atomic mass is 35.5. The van der Waals surface area contributed by atoms with Crippen molar-refractivity contribution in [1.29, 1.82) is 0 Å². The summed E-state index contributed by atoms with van der Waals surface area (Å²) in [4.78, 5) is 15.1. The SMILES string of the molecule is O=C1SC(=Cc2ccc(-c3c(Cl)cccc3Cl)o2)C(=S)N1Cc1ccc(Cl)cc1. The minimum atomic E-state index is -0.128. The van der Waals surface area contributed by atoms with E-state index in [1.54, 1.807) is 53.4 Å². The van der Waals surface area contributed by atoms with Crippen LogP contribution in [0.25, 0.3) is 17.4 Å². The third-order valence-electron chi connectivity index (χ3n) is 4.24. The molecule has 1 amide bonds. The second-order valence-electron chi connectivity index (χ2n) is 6.19. The molecule has 0 unspecified atom stereocenters. The molecule has 0 N–H and O–H groups in total. The Labute approximate surface area is 192 Å². The number of furan rings is 1. The van der Waals surface area contributed by atoms with E-state index in [1.165, 1.54) is 0 Å². The minimum absolute atomic E-state index is 0.128. The Bertz CT molecular complexity index is 1120. The maximum atomic E-state index is 12.4. The van der Waals surface area contributed by atoms with Gasteiger partial charge < -0.3 is 4.42 Å². The van der Waals surface area contributed by atoms with E-state index < -0.39 is 0 Å². The van der Waals surface area contributed by atoms with Crippen molar-refractivity contribution in [2.75, 3.05) is 0 Å². The molecule has 3 nitrogen and oxygen atoms in total. The first-order valence-electron chi connectivity index (χ1n) is 8.46. The molecular weight excluding hydrogens is 469 g/mol. The zero-order valence-electron chi connectivity index (χ0n) is 14.7. The van der Waals surface area contributed by atoms with E-state index in [1.807, 2.05) is 12.1 Å². The number of rotatable bonds is 4. The zero-order valence-corrected chi connectivity index (χ0v) is 18.6. The Balaban J connectivity index is 1.56. The van der Waals surface area contributed by atoms with Gasteiger partial charge in [-0.15, -0.1) is 0 Å². The van der Waals surface area contributed by atoms with Crippen molar-refractivity contribution in [2.24, 2.45) is 0 Å². The van der Waals surface area contributed by atoms with E-state index in [4.69, 9.17) is 51.4 Å². The summed E-state index contributed by atoms with van der Waals surface area (Å²) in [5, 5.41) is 1.52. The van der Waals surface area contributed by atoms with Gasteiger partial charge in [-0.1, -0.05) is 65.2 Å². The largest absolute Gasteiger partial charge is 0.457 e. The summed E-state index contributed by atoms with van der Waals surface area (Å²) in [6, 6.07) is 16.2. The molecule has 1 aromatic heterocycles. The molecule has 29 heavy (non-hydrogen) atoms. The number of hydrogen-bond donors (Lipinski definition) is 0. The summed E-state index contributed by atoms with van der Waals surface area (Å²) in [6.07, 6.45) is 1.75. The number of thioether (sulfide) groups is 1. The van der Waals surface area contributed by atoms with E-state index in [2.05, 4.69) is 0 Å². The van der Waals surface area contributed by atoms with Crippen LogP contribution in [0.2, 0.25) is 15.1 Å². The van der Waals surface area contributed by atoms with Crippen LogP contribution in [0.15, 0.2) is 63.9 Å². The fourth-order valence-electron chi connectivity index (χ4n) is 2.84. The first-order chi connectivity index (χ1) is 13.9. The Morgan fingerprint density at radius 1 is 1.00 bits per heavy atom. The quantitative estimate of drug-likeness (QED) is 0.280. The third kappa shape index (κ3) is 4.39. The van der Waals surface area contributed by atoms with Gasteiger partial charge in [0.1, 0.15) is 16.5 Å². The summed E-state index contributed by atoms with van der Waals surface area (Å²) in [6.45, 7) is 0.387. The number of amides is 1. The van der Waals surface area contributed by atoms with Gasteiger partial charge in [0.2, 0.25) is 0 Å². The predicted octanol–water partition coefficient (Wildman–Crippen LogP) is 7.94. The van der Waals surface area contributed by atoms with Gasteiger partial charge in [-0.25, -0.2) is 0 Å². The lowest BCUT2D eigenvalue weighted by Gasteiger charge is -2.14. The van der Waals surface area contributed by atoms with Gasteiger partial charge >= 0.3 is 0 Å². The summed E-state index contributed by atoms with van der Waals surface area (Å²) in [5.74, 6) is 1.10. The average Bonchev–Trinajstić information content (AvgIpc) is 3.24. The Morgan fingerprint density at radius 2 is 1.69 bits per heavy atom. The topological polar surface area (TPSA) is 33.5 Å². The highest BCUT2D eigenvalue weighted by molar-refractivity contribution is 8.19. The highest BCUT2D eigenvalue weighted by Crippen LogP contribution is 2.38. The van der Waals surface area contributed by atoms with Gasteiger partial charge in [-0.3, -0.25) is 9.69 Å². The number of nitrogens with zero attached hydrogens (tertiary/aromatic N) is 1. The van der Waals surface area contributed by atoms with Gasteiger partial charge in [0.15, 0.2) is 0 Å². The van der Waals surface area contributed by atoms with Crippen molar-refractivity contribution in [3.8, 4) is 11.3 Å². The van der Waals surface area contributed by atoms with E-state index in [9.17, 15) is 4.79 Å². The lowest BCUT2D eigenvalue weighted by molar-refractivity contribution is 0.244. The first-order valence-corrected chi connectivity index (χ1v) is 10.8. The maximum Gasteiger partial charge on any atom is 0.291 e. The first kappa shape index (κ1) is 20.5. The number of thiocarbonyl (C=S) groups is 1. The molecule has 0 saturated carbocycles. The Hall–Kier alpha value is -1.76. The lowest BCUT2D eigenvalue weighted by Crippen LogP contribution is -2.26. The van der Waals surface area contributed by atoms with E-state index >= 15 is 0 Å². The fraction of sp³-hybridized carbons (Fsp3) is 0.0476. The molecule has 146 valence electrons. The second kappa shape index (κ2) is 8.54. The standard InChI is InChI=1S/C21H12Cl3NO2S2/c22-13-6-4-12(5-7-13)11-25-20(28)18(29-21(25)26)10-14-8-9-17(27-14)19-15(23)2-1-3-16(19)24/h1-10H,11H2. The molecule has 0 spiro atoms. The van der Waals surface area contributed by atoms with Crippen LogP contribution in [0.3, 0.4) is 0 Å². The van der Waals surface area contributed by atoms with Crippen molar-refractivity contribution in [1.82, 2.24) is 4.90 Å². The number of carbonyl (C=O) groups is 1. The summed E-state index contributed by atoms with van der Waals surface area (Å²) < 4.78 is 5.88. The van der Waals surface area contributed by atoms with Crippen molar-refractivity contribution in [3.63, 3.8) is 0 Å². The van der Waals surface area contributed by atoms with Crippen molar-refractivity contribution >= 4 is 75.1 Å². The van der Waals surface area contributed by atoms with Crippen LogP contribution in [0.4, 0.5) is 4.79 Å². The monoisotopic (exact) mass is 479 g/mol. The number of carbonyl (C=O) groups excluding carboxylic acids is 1. The maximum absolute atomic E-state index is 12.4. The Kier molecular flexibility index (Phi) is 6.04. The van der Waals surface area contributed by atoms with Crippen LogP contribution >= 0.6 is 58.8 Å². The van der Waals surface area contributed by atoms with Crippen LogP contribution < -0.4 is 0 Å². The normalized spacial score (nSPS) is 15.6. The molecule has 2 aromatic carbocycles. The molecule has 8 heteroatoms. The average molecular weight is 481 g/mol. The molecule has 2 heterocycles. The van der Waals surface area contributed by atoms with Gasteiger partial charge in [0.05, 0.1) is 27.1 Å². The second-order valence-corrected chi connectivity index (χ2v) is 8.82. The van der Waals surface area contributed by atoms with Crippen LogP contribution in [0.1, 0.15) is 11.3 Å². The molecule has 1 saturated heterocycles. The van der Waals surface area contributed by atoms with Crippen LogP contribution in [0, 0.1) is 0 Å². The van der Waals surface area contributed by atoms with Crippen LogP contribution in [0.5, 0.6) is 0 Å². The van der Waals surface area contributed by atoms with Gasteiger partial charge in [-0.2, -0.15) is 0 Å². The molecule has 1 aliphatic rings. The number of hydrogen-bond acceptors (Lipinski definition) is 4. The van der Waals surface area contributed by atoms with Crippen molar-refractivity contribution in [2.45, 2.75) is 6.54 Å². The molecule has 3 aromatic rings. The van der Waals surface area contributed by atoms with E-state index in [0.717, 1.165) is 17.3 Å². The molecule has 0 radical (unpaired) electrons.